The first kappa shape index (κ1) is 19.7. The summed E-state index contributed by atoms with van der Waals surface area (Å²) in [7, 11) is 1.59. The number of amides is 2. The molecule has 1 aliphatic carbocycles. The number of benzene rings is 2. The fourth-order valence-electron chi connectivity index (χ4n) is 3.57. The Balaban J connectivity index is 1.40. The first-order valence-corrected chi connectivity index (χ1v) is 10.0. The molecular weight excluding hydrogens is 392 g/mol. The molecule has 6 nitrogen and oxygen atoms in total. The Hall–Kier alpha value is -2.57. The number of carbonyl (C=O) groups excluding carboxylic acids is 2. The van der Waals surface area contributed by atoms with Gasteiger partial charge in [0.25, 0.3) is 11.8 Å². The van der Waals surface area contributed by atoms with E-state index in [1.54, 1.807) is 35.1 Å². The summed E-state index contributed by atoms with van der Waals surface area (Å²) in [5.41, 5.74) is 1.24. The van der Waals surface area contributed by atoms with Crippen LogP contribution in [0.4, 0.5) is 0 Å². The van der Waals surface area contributed by atoms with Crippen LogP contribution in [0.25, 0.3) is 11.1 Å². The van der Waals surface area contributed by atoms with E-state index in [9.17, 15) is 14.7 Å². The van der Waals surface area contributed by atoms with Crippen LogP contribution in [0.3, 0.4) is 0 Å². The van der Waals surface area contributed by atoms with Crippen LogP contribution in [-0.4, -0.2) is 65.6 Å². The van der Waals surface area contributed by atoms with E-state index in [1.165, 1.54) is 0 Å². The molecule has 1 N–H and O–H groups in total. The molecule has 152 valence electrons. The molecule has 2 aliphatic rings. The van der Waals surface area contributed by atoms with Gasteiger partial charge in [-0.05, 0) is 48.7 Å². The topological polar surface area (TPSA) is 70.1 Å². The molecule has 2 amide bonds. The molecule has 29 heavy (non-hydrogen) atoms. The Morgan fingerprint density at radius 2 is 1.62 bits per heavy atom. The van der Waals surface area contributed by atoms with E-state index in [1.807, 2.05) is 24.3 Å². The molecule has 2 aromatic carbocycles. The zero-order chi connectivity index (χ0) is 20.6. The monoisotopic (exact) mass is 414 g/mol. The average molecular weight is 415 g/mol. The maximum Gasteiger partial charge on any atom is 0.254 e. The number of ether oxygens (including phenoxy) is 1. The quantitative estimate of drug-likeness (QED) is 0.835. The number of carbonyl (C=O) groups is 2. The second kappa shape index (κ2) is 7.69. The van der Waals surface area contributed by atoms with Gasteiger partial charge in [-0.2, -0.15) is 0 Å². The maximum absolute atomic E-state index is 12.8. The highest BCUT2D eigenvalue weighted by molar-refractivity contribution is 6.33. The Labute approximate surface area is 174 Å². The van der Waals surface area contributed by atoms with Gasteiger partial charge >= 0.3 is 0 Å². The average Bonchev–Trinajstić information content (AvgIpc) is 3.51. The van der Waals surface area contributed by atoms with E-state index < -0.39 is 5.60 Å². The SMILES string of the molecule is COc1ccc(-c2ccc(C(=O)N3CCN(C(=O)C4(O)CC4)CC3)cc2)c(Cl)c1. The highest BCUT2D eigenvalue weighted by Crippen LogP contribution is 2.37. The van der Waals surface area contributed by atoms with Crippen molar-refractivity contribution >= 4 is 23.4 Å². The zero-order valence-corrected chi connectivity index (χ0v) is 17.0. The van der Waals surface area contributed by atoms with E-state index >= 15 is 0 Å². The minimum atomic E-state index is -1.15. The van der Waals surface area contributed by atoms with E-state index in [0.29, 0.717) is 55.4 Å². The molecule has 0 atom stereocenters. The fraction of sp³-hybridized carbons (Fsp3) is 0.364. The summed E-state index contributed by atoms with van der Waals surface area (Å²) in [5, 5.41) is 10.6. The van der Waals surface area contributed by atoms with E-state index in [-0.39, 0.29) is 11.8 Å². The van der Waals surface area contributed by atoms with Gasteiger partial charge < -0.3 is 19.6 Å². The van der Waals surface area contributed by atoms with Crippen LogP contribution in [0.1, 0.15) is 23.2 Å². The normalized spacial score (nSPS) is 17.8. The Morgan fingerprint density at radius 1 is 1.00 bits per heavy atom. The number of halogens is 1. The smallest absolute Gasteiger partial charge is 0.254 e. The molecule has 7 heteroatoms. The molecule has 1 aliphatic heterocycles. The first-order chi connectivity index (χ1) is 13.9. The third-order valence-corrected chi connectivity index (χ3v) is 5.91. The van der Waals surface area contributed by atoms with Gasteiger partial charge in [0.05, 0.1) is 12.1 Å². The van der Waals surface area contributed by atoms with Crippen molar-refractivity contribution in [1.29, 1.82) is 0 Å². The zero-order valence-electron chi connectivity index (χ0n) is 16.2. The van der Waals surface area contributed by atoms with Crippen molar-refractivity contribution in [1.82, 2.24) is 9.80 Å². The summed E-state index contributed by atoms with van der Waals surface area (Å²) in [6.07, 6.45) is 1.07. The first-order valence-electron chi connectivity index (χ1n) is 9.66. The predicted molar refractivity (Wildman–Crippen MR) is 110 cm³/mol. The molecule has 0 bridgehead atoms. The van der Waals surface area contributed by atoms with Crippen molar-refractivity contribution in [2.24, 2.45) is 0 Å². The second-order valence-corrected chi connectivity index (χ2v) is 7.95. The third-order valence-electron chi connectivity index (χ3n) is 5.59. The lowest BCUT2D eigenvalue weighted by Gasteiger charge is -2.35. The van der Waals surface area contributed by atoms with Gasteiger partial charge in [-0.1, -0.05) is 23.7 Å². The van der Waals surface area contributed by atoms with Gasteiger partial charge in [-0.15, -0.1) is 0 Å². The van der Waals surface area contributed by atoms with E-state index in [4.69, 9.17) is 16.3 Å². The molecule has 1 saturated carbocycles. The Bertz CT molecular complexity index is 932. The maximum atomic E-state index is 12.8. The summed E-state index contributed by atoms with van der Waals surface area (Å²) >= 11 is 6.34. The van der Waals surface area contributed by atoms with Crippen molar-refractivity contribution in [2.75, 3.05) is 33.3 Å². The van der Waals surface area contributed by atoms with Crippen LogP contribution in [-0.2, 0) is 4.79 Å². The lowest BCUT2D eigenvalue weighted by Crippen LogP contribution is -2.53. The van der Waals surface area contributed by atoms with E-state index in [2.05, 4.69) is 0 Å². The minimum absolute atomic E-state index is 0.0605. The molecule has 0 unspecified atom stereocenters. The van der Waals surface area contributed by atoms with Crippen LogP contribution in [0.2, 0.25) is 5.02 Å². The van der Waals surface area contributed by atoms with Gasteiger partial charge in [0.15, 0.2) is 0 Å². The molecule has 4 rings (SSSR count). The Kier molecular flexibility index (Phi) is 5.23. The fourth-order valence-corrected chi connectivity index (χ4v) is 3.85. The number of piperazine rings is 1. The van der Waals surface area contributed by atoms with Crippen molar-refractivity contribution in [2.45, 2.75) is 18.4 Å². The second-order valence-electron chi connectivity index (χ2n) is 7.54. The van der Waals surface area contributed by atoms with Crippen LogP contribution in [0.5, 0.6) is 5.75 Å². The number of hydrogen-bond donors (Lipinski definition) is 1. The summed E-state index contributed by atoms with van der Waals surface area (Å²) in [4.78, 5) is 28.4. The van der Waals surface area contributed by atoms with Gasteiger partial charge in [0.1, 0.15) is 11.4 Å². The van der Waals surface area contributed by atoms with Crippen molar-refractivity contribution < 1.29 is 19.4 Å². The predicted octanol–water partition coefficient (Wildman–Crippen LogP) is 2.82. The van der Waals surface area contributed by atoms with Gasteiger partial charge in [0.2, 0.25) is 0 Å². The number of rotatable bonds is 4. The van der Waals surface area contributed by atoms with Crippen LogP contribution in [0, 0.1) is 0 Å². The molecule has 0 radical (unpaired) electrons. The van der Waals surface area contributed by atoms with E-state index in [0.717, 1.165) is 11.1 Å². The van der Waals surface area contributed by atoms with Gasteiger partial charge in [-0.3, -0.25) is 9.59 Å². The largest absolute Gasteiger partial charge is 0.497 e. The summed E-state index contributed by atoms with van der Waals surface area (Å²) in [6.45, 7) is 1.83. The lowest BCUT2D eigenvalue weighted by molar-refractivity contribution is -0.143. The molecule has 1 saturated heterocycles. The minimum Gasteiger partial charge on any atom is -0.497 e. The molecule has 2 fully saturated rings. The number of methoxy groups -OCH3 is 1. The number of aliphatic hydroxyl groups is 1. The van der Waals surface area contributed by atoms with Crippen molar-refractivity contribution in [3.05, 3.63) is 53.1 Å². The summed E-state index contributed by atoms with van der Waals surface area (Å²) in [5.74, 6) is 0.428. The molecule has 0 aromatic heterocycles. The molecular formula is C22H23ClN2O4. The number of hydrogen-bond acceptors (Lipinski definition) is 4. The van der Waals surface area contributed by atoms with Crippen molar-refractivity contribution in [3.63, 3.8) is 0 Å². The third kappa shape index (κ3) is 3.95. The standard InChI is InChI=1S/C22H23ClN2O4/c1-29-17-6-7-18(19(23)14-17)15-2-4-16(5-3-15)20(26)24-10-12-25(13-11-24)21(27)22(28)8-9-22/h2-7,14,28H,8-13H2,1H3. The highest BCUT2D eigenvalue weighted by Gasteiger charge is 2.50. The summed E-state index contributed by atoms with van der Waals surface area (Å²) < 4.78 is 5.17. The Morgan fingerprint density at radius 3 is 2.17 bits per heavy atom. The molecule has 0 spiro atoms. The van der Waals surface area contributed by atoms with Gasteiger partial charge in [-0.25, -0.2) is 0 Å². The lowest BCUT2D eigenvalue weighted by atomic mass is 10.0. The highest BCUT2D eigenvalue weighted by atomic mass is 35.5. The van der Waals surface area contributed by atoms with Crippen LogP contribution in [0.15, 0.2) is 42.5 Å². The van der Waals surface area contributed by atoms with Crippen LogP contribution < -0.4 is 4.74 Å². The van der Waals surface area contributed by atoms with Crippen LogP contribution >= 0.6 is 11.6 Å². The van der Waals surface area contributed by atoms with Gasteiger partial charge in [0, 0.05) is 37.3 Å². The molecule has 1 heterocycles. The van der Waals surface area contributed by atoms with Crippen molar-refractivity contribution in [3.8, 4) is 16.9 Å². The summed E-state index contributed by atoms with van der Waals surface area (Å²) in [6, 6.07) is 12.8. The molecule has 2 aromatic rings. The number of nitrogens with zero attached hydrogens (tertiary/aromatic N) is 2.